The number of carbonyl (C=O) groups excluding carboxylic acids is 1. The van der Waals surface area contributed by atoms with Gasteiger partial charge in [-0.05, 0) is 37.3 Å². The zero-order chi connectivity index (χ0) is 19.9. The minimum Gasteiger partial charge on any atom is -0.360 e. The lowest BCUT2D eigenvalue weighted by molar-refractivity contribution is 0.0642. The number of piperazine rings is 1. The van der Waals surface area contributed by atoms with Crippen LogP contribution >= 0.6 is 0 Å². The van der Waals surface area contributed by atoms with E-state index in [0.29, 0.717) is 29.6 Å². The monoisotopic (exact) mass is 401 g/mol. The number of nitrogens with one attached hydrogen (secondary N) is 1. The van der Waals surface area contributed by atoms with E-state index in [1.807, 2.05) is 6.07 Å². The molecule has 28 heavy (non-hydrogen) atoms. The molecule has 0 radical (unpaired) electrons. The average molecular weight is 401 g/mol. The third-order valence-corrected chi connectivity index (χ3v) is 7.12. The lowest BCUT2D eigenvalue weighted by Gasteiger charge is -2.38. The molecule has 6 nitrogen and oxygen atoms in total. The first kappa shape index (κ1) is 18.6. The van der Waals surface area contributed by atoms with Gasteiger partial charge in [-0.3, -0.25) is 4.79 Å². The van der Waals surface area contributed by atoms with Crippen LogP contribution in [0.25, 0.3) is 10.9 Å². The summed E-state index contributed by atoms with van der Waals surface area (Å²) in [6, 6.07) is 12.6. The molecule has 0 saturated carbocycles. The van der Waals surface area contributed by atoms with Gasteiger partial charge in [0.15, 0.2) is 0 Å². The third-order valence-electron chi connectivity index (χ3n) is 5.07. The van der Waals surface area contributed by atoms with E-state index in [-0.39, 0.29) is 17.3 Å². The summed E-state index contributed by atoms with van der Waals surface area (Å²) in [7, 11) is -3.83. The molecule has 2 aromatic carbocycles. The smallest absolute Gasteiger partial charge is 0.253 e. The first-order chi connectivity index (χ1) is 13.4. The summed E-state index contributed by atoms with van der Waals surface area (Å²) in [6.07, 6.45) is 1.40. The highest BCUT2D eigenvalue weighted by molar-refractivity contribution is 7.89. The van der Waals surface area contributed by atoms with Crippen molar-refractivity contribution in [3.05, 3.63) is 66.1 Å². The van der Waals surface area contributed by atoms with Crippen molar-refractivity contribution in [2.45, 2.75) is 17.9 Å². The van der Waals surface area contributed by atoms with Crippen LogP contribution in [0.3, 0.4) is 0 Å². The fourth-order valence-corrected chi connectivity index (χ4v) is 5.42. The van der Waals surface area contributed by atoms with Gasteiger partial charge in [-0.1, -0.05) is 18.2 Å². The predicted octanol–water partition coefficient (Wildman–Crippen LogP) is 2.84. The van der Waals surface area contributed by atoms with Gasteiger partial charge in [0, 0.05) is 48.3 Å². The quantitative estimate of drug-likeness (QED) is 0.733. The summed E-state index contributed by atoms with van der Waals surface area (Å²) in [6.45, 7) is 2.55. The molecular weight excluding hydrogens is 381 g/mol. The van der Waals surface area contributed by atoms with Gasteiger partial charge < -0.3 is 9.88 Å². The number of aromatic nitrogens is 1. The molecule has 1 aliphatic heterocycles. The zero-order valence-electron chi connectivity index (χ0n) is 15.3. The fraction of sp³-hybridized carbons (Fsp3) is 0.250. The summed E-state index contributed by atoms with van der Waals surface area (Å²) in [5.74, 6) is -0.603. The molecule has 1 fully saturated rings. The van der Waals surface area contributed by atoms with Crippen molar-refractivity contribution in [3.63, 3.8) is 0 Å². The Morgan fingerprint density at radius 2 is 1.89 bits per heavy atom. The summed E-state index contributed by atoms with van der Waals surface area (Å²) >= 11 is 0. The molecule has 0 unspecified atom stereocenters. The molecule has 0 bridgehead atoms. The number of aromatic amines is 1. The van der Waals surface area contributed by atoms with Crippen LogP contribution in [0.2, 0.25) is 0 Å². The normalized spacial score (nSPS) is 18.5. The van der Waals surface area contributed by atoms with Crippen LogP contribution in [-0.2, 0) is 10.0 Å². The molecule has 1 N–H and O–H groups in total. The zero-order valence-corrected chi connectivity index (χ0v) is 16.1. The number of hydrogen-bond acceptors (Lipinski definition) is 3. The van der Waals surface area contributed by atoms with Gasteiger partial charge in [-0.15, -0.1) is 0 Å². The number of hydrogen-bond donors (Lipinski definition) is 1. The summed E-state index contributed by atoms with van der Waals surface area (Å²) in [5, 5.41) is 0.329. The van der Waals surface area contributed by atoms with Gasteiger partial charge >= 0.3 is 0 Å². The number of sulfonamides is 1. The highest BCUT2D eigenvalue weighted by atomic mass is 32.2. The number of rotatable bonds is 3. The highest BCUT2D eigenvalue weighted by Gasteiger charge is 2.36. The van der Waals surface area contributed by atoms with E-state index >= 15 is 0 Å². The minimum atomic E-state index is -3.83. The second-order valence-electron chi connectivity index (χ2n) is 6.92. The van der Waals surface area contributed by atoms with Crippen LogP contribution in [0.1, 0.15) is 17.3 Å². The average Bonchev–Trinajstić information content (AvgIpc) is 3.11. The van der Waals surface area contributed by atoms with Crippen molar-refractivity contribution in [1.82, 2.24) is 14.2 Å². The van der Waals surface area contributed by atoms with E-state index in [2.05, 4.69) is 4.98 Å². The maximum absolute atomic E-state index is 13.6. The molecule has 1 atom stereocenters. The van der Waals surface area contributed by atoms with Gasteiger partial charge in [-0.25, -0.2) is 12.8 Å². The van der Waals surface area contributed by atoms with Crippen molar-refractivity contribution in [2.24, 2.45) is 0 Å². The van der Waals surface area contributed by atoms with Crippen molar-refractivity contribution in [2.75, 3.05) is 19.6 Å². The van der Waals surface area contributed by atoms with Gasteiger partial charge in [0.25, 0.3) is 5.91 Å². The molecular formula is C20H20FN3O3S. The molecule has 4 rings (SSSR count). The van der Waals surface area contributed by atoms with Crippen molar-refractivity contribution < 1.29 is 17.6 Å². The van der Waals surface area contributed by atoms with Gasteiger partial charge in [0.1, 0.15) is 10.7 Å². The number of amides is 1. The lowest BCUT2D eigenvalue weighted by atomic mass is 10.1. The van der Waals surface area contributed by atoms with E-state index in [4.69, 9.17) is 0 Å². The Balaban J connectivity index is 1.58. The Hall–Kier alpha value is -2.71. The van der Waals surface area contributed by atoms with E-state index in [1.54, 1.807) is 36.1 Å². The summed E-state index contributed by atoms with van der Waals surface area (Å²) in [5.41, 5.74) is 1.14. The molecule has 0 spiro atoms. The Kier molecular flexibility index (Phi) is 4.68. The van der Waals surface area contributed by atoms with Gasteiger partial charge in [0.05, 0.1) is 0 Å². The SMILES string of the molecule is C[C@@H]1CN(C(=O)c2ccccc2)CCN1S(=O)(=O)c1c[nH]c2ccc(F)cc12. The summed E-state index contributed by atoms with van der Waals surface area (Å²) < 4.78 is 41.4. The van der Waals surface area contributed by atoms with Crippen LogP contribution in [0, 0.1) is 5.82 Å². The number of carbonyl (C=O) groups is 1. The largest absolute Gasteiger partial charge is 0.360 e. The number of benzene rings is 2. The van der Waals surface area contributed by atoms with Crippen LogP contribution in [0.4, 0.5) is 4.39 Å². The van der Waals surface area contributed by atoms with Crippen LogP contribution in [0.5, 0.6) is 0 Å². The molecule has 1 amide bonds. The molecule has 1 aromatic heterocycles. The van der Waals surface area contributed by atoms with E-state index in [9.17, 15) is 17.6 Å². The molecule has 2 heterocycles. The molecule has 0 aliphatic carbocycles. The first-order valence-electron chi connectivity index (χ1n) is 9.01. The Bertz CT molecular complexity index is 1130. The Labute approximate surface area is 162 Å². The Morgan fingerprint density at radius 1 is 1.14 bits per heavy atom. The molecule has 1 aliphatic rings. The first-order valence-corrected chi connectivity index (χ1v) is 10.4. The number of nitrogens with zero attached hydrogens (tertiary/aromatic N) is 2. The van der Waals surface area contributed by atoms with E-state index in [0.717, 1.165) is 0 Å². The predicted molar refractivity (Wildman–Crippen MR) is 104 cm³/mol. The van der Waals surface area contributed by atoms with Crippen molar-refractivity contribution >= 4 is 26.8 Å². The number of halogens is 1. The number of fused-ring (bicyclic) bond motifs is 1. The van der Waals surface area contributed by atoms with Crippen LogP contribution < -0.4 is 0 Å². The second-order valence-corrected chi connectivity index (χ2v) is 8.78. The van der Waals surface area contributed by atoms with Gasteiger partial charge in [-0.2, -0.15) is 4.31 Å². The van der Waals surface area contributed by atoms with E-state index in [1.165, 1.54) is 28.7 Å². The van der Waals surface area contributed by atoms with Crippen LogP contribution in [-0.4, -0.2) is 54.2 Å². The lowest BCUT2D eigenvalue weighted by Crippen LogP contribution is -2.55. The summed E-state index contributed by atoms with van der Waals surface area (Å²) in [4.78, 5) is 17.3. The second kappa shape index (κ2) is 7.03. The van der Waals surface area contributed by atoms with Crippen molar-refractivity contribution in [3.8, 4) is 0 Å². The minimum absolute atomic E-state index is 0.0525. The van der Waals surface area contributed by atoms with Crippen molar-refractivity contribution in [1.29, 1.82) is 0 Å². The number of H-pyrrole nitrogens is 1. The molecule has 8 heteroatoms. The standard InChI is InChI=1S/C20H20FN3O3S/c1-14-13-23(20(25)15-5-3-2-4-6-15)9-10-24(14)28(26,27)19-12-22-18-8-7-16(21)11-17(18)19/h2-8,11-12,14,22H,9-10,13H2,1H3/t14-/m1/s1. The molecule has 3 aromatic rings. The Morgan fingerprint density at radius 3 is 2.61 bits per heavy atom. The maximum atomic E-state index is 13.6. The maximum Gasteiger partial charge on any atom is 0.253 e. The highest BCUT2D eigenvalue weighted by Crippen LogP contribution is 2.29. The third kappa shape index (κ3) is 3.18. The van der Waals surface area contributed by atoms with E-state index < -0.39 is 21.9 Å². The fourth-order valence-electron chi connectivity index (χ4n) is 3.65. The van der Waals surface area contributed by atoms with Gasteiger partial charge in [0.2, 0.25) is 10.0 Å². The molecule has 146 valence electrons. The van der Waals surface area contributed by atoms with Crippen LogP contribution in [0.15, 0.2) is 59.6 Å². The topological polar surface area (TPSA) is 73.5 Å². The molecule has 1 saturated heterocycles.